The Balaban J connectivity index is 1.48. The molecule has 0 saturated heterocycles. The number of hydrogen-bond donors (Lipinski definition) is 0. The van der Waals surface area contributed by atoms with Gasteiger partial charge >= 0.3 is 0 Å². The van der Waals surface area contributed by atoms with Gasteiger partial charge in [-0.05, 0) is 51.4 Å². The first-order valence-corrected chi connectivity index (χ1v) is 10.3. The third-order valence-corrected chi connectivity index (χ3v) is 6.39. The van der Waals surface area contributed by atoms with Crippen molar-refractivity contribution >= 4 is 28.0 Å². The number of thiazole rings is 1. The molecule has 0 aliphatic heterocycles. The summed E-state index contributed by atoms with van der Waals surface area (Å²) in [6.07, 6.45) is 8.17. The Kier molecular flexibility index (Phi) is 5.27. The molecule has 0 bridgehead atoms. The molecule has 140 valence electrons. The Hall–Kier alpha value is -2.18. The highest BCUT2D eigenvalue weighted by Gasteiger charge is 2.27. The van der Waals surface area contributed by atoms with E-state index in [4.69, 9.17) is 0 Å². The molecule has 0 spiro atoms. The average molecular weight is 381 g/mol. The van der Waals surface area contributed by atoms with E-state index in [0.29, 0.717) is 18.3 Å². The maximum Gasteiger partial charge on any atom is 0.143 e. The van der Waals surface area contributed by atoms with Crippen molar-refractivity contribution in [3.63, 3.8) is 0 Å². The van der Waals surface area contributed by atoms with E-state index in [0.717, 1.165) is 47.0 Å². The summed E-state index contributed by atoms with van der Waals surface area (Å²) < 4.78 is 0. The normalized spacial score (nSPS) is 20.3. The van der Waals surface area contributed by atoms with Crippen molar-refractivity contribution in [3.8, 4) is 10.4 Å². The van der Waals surface area contributed by atoms with E-state index in [1.54, 1.807) is 11.3 Å². The molecule has 1 aliphatic carbocycles. The maximum atomic E-state index is 12.7. The molecular formula is C21H24N4OS. The fourth-order valence-electron chi connectivity index (χ4n) is 3.87. The lowest BCUT2D eigenvalue weighted by molar-refractivity contribution is -0.123. The van der Waals surface area contributed by atoms with Gasteiger partial charge in [-0.2, -0.15) is 0 Å². The second kappa shape index (κ2) is 7.82. The second-order valence-corrected chi connectivity index (χ2v) is 8.42. The van der Waals surface area contributed by atoms with E-state index < -0.39 is 0 Å². The smallest absolute Gasteiger partial charge is 0.143 e. The number of nitrogens with zero attached hydrogens (tertiary/aromatic N) is 4. The molecule has 0 radical (unpaired) electrons. The number of rotatable bonds is 5. The van der Waals surface area contributed by atoms with Crippen molar-refractivity contribution in [1.82, 2.24) is 19.9 Å². The van der Waals surface area contributed by atoms with Crippen LogP contribution in [-0.2, 0) is 11.2 Å². The number of ketones is 1. The molecule has 0 amide bonds. The van der Waals surface area contributed by atoms with Gasteiger partial charge in [0.25, 0.3) is 0 Å². The van der Waals surface area contributed by atoms with E-state index >= 15 is 0 Å². The quantitative estimate of drug-likeness (QED) is 0.670. The number of carbonyl (C=O) groups excluding carboxylic acids is 1. The lowest BCUT2D eigenvalue weighted by Gasteiger charge is -2.31. The van der Waals surface area contributed by atoms with Crippen LogP contribution in [-0.4, -0.2) is 45.8 Å². The first-order chi connectivity index (χ1) is 13.1. The number of Topliss-reactive ketones (excluding diaryl/α,β-unsaturated/α-hetero) is 1. The summed E-state index contributed by atoms with van der Waals surface area (Å²) in [5.41, 5.74) is 3.81. The summed E-state index contributed by atoms with van der Waals surface area (Å²) in [7, 11) is 4.24. The molecule has 6 heteroatoms. The number of hydrogen-bond acceptors (Lipinski definition) is 6. The highest BCUT2D eigenvalue weighted by Crippen LogP contribution is 2.29. The van der Waals surface area contributed by atoms with Crippen LogP contribution in [0.15, 0.2) is 36.1 Å². The number of carbonyl (C=O) groups is 1. The number of aromatic nitrogens is 3. The maximum absolute atomic E-state index is 12.7. The third-order valence-electron chi connectivity index (χ3n) is 5.56. The van der Waals surface area contributed by atoms with E-state index in [2.05, 4.69) is 46.1 Å². The molecule has 2 heterocycles. The van der Waals surface area contributed by atoms with Gasteiger partial charge < -0.3 is 4.90 Å². The van der Waals surface area contributed by atoms with Crippen LogP contribution in [0.3, 0.4) is 0 Å². The molecular weight excluding hydrogens is 356 g/mol. The van der Waals surface area contributed by atoms with E-state index in [1.165, 1.54) is 0 Å². The zero-order valence-corrected chi connectivity index (χ0v) is 16.6. The highest BCUT2D eigenvalue weighted by molar-refractivity contribution is 7.13. The van der Waals surface area contributed by atoms with Gasteiger partial charge in [0.15, 0.2) is 0 Å². The third kappa shape index (κ3) is 4.06. The van der Waals surface area contributed by atoms with Gasteiger partial charge in [0.05, 0.1) is 22.3 Å². The van der Waals surface area contributed by atoms with Crippen molar-refractivity contribution in [1.29, 1.82) is 0 Å². The van der Waals surface area contributed by atoms with Crippen LogP contribution in [0.4, 0.5) is 0 Å². The Morgan fingerprint density at radius 2 is 2.00 bits per heavy atom. The first kappa shape index (κ1) is 18.2. The van der Waals surface area contributed by atoms with Gasteiger partial charge in [0, 0.05) is 29.7 Å². The minimum Gasteiger partial charge on any atom is -0.306 e. The Morgan fingerprint density at radius 1 is 1.19 bits per heavy atom. The standard InChI is InChI=1S/C21H24N4OS/c1-25(2)17-7-5-14(6-8-17)19(26)10-21-23-11-16-4-3-15(9-18(16)24-21)20-12-22-13-27-20/h3-4,9,11-14,17H,5-8,10H2,1-2H3. The summed E-state index contributed by atoms with van der Waals surface area (Å²) in [5, 5.41) is 0.992. The monoisotopic (exact) mass is 380 g/mol. The summed E-state index contributed by atoms with van der Waals surface area (Å²) in [6.45, 7) is 0. The molecule has 0 unspecified atom stereocenters. The molecule has 1 saturated carbocycles. The van der Waals surface area contributed by atoms with Crippen LogP contribution in [0.1, 0.15) is 31.5 Å². The predicted octanol–water partition coefficient (Wildman–Crippen LogP) is 3.99. The van der Waals surface area contributed by atoms with Crippen LogP contribution < -0.4 is 0 Å². The van der Waals surface area contributed by atoms with Gasteiger partial charge in [0.2, 0.25) is 0 Å². The van der Waals surface area contributed by atoms with Gasteiger partial charge in [-0.3, -0.25) is 9.78 Å². The molecule has 0 N–H and O–H groups in total. The van der Waals surface area contributed by atoms with Crippen molar-refractivity contribution in [3.05, 3.63) is 41.9 Å². The highest BCUT2D eigenvalue weighted by atomic mass is 32.1. The van der Waals surface area contributed by atoms with E-state index in [-0.39, 0.29) is 11.7 Å². The Bertz CT molecular complexity index is 931. The minimum absolute atomic E-state index is 0.157. The molecule has 1 aliphatic rings. The molecule has 1 fully saturated rings. The van der Waals surface area contributed by atoms with Crippen molar-refractivity contribution in [2.75, 3.05) is 14.1 Å². The summed E-state index contributed by atoms with van der Waals surface area (Å²) in [6, 6.07) is 6.75. The number of benzene rings is 1. The van der Waals surface area contributed by atoms with Crippen LogP contribution in [0.5, 0.6) is 0 Å². The average Bonchev–Trinajstić information content (AvgIpc) is 3.22. The van der Waals surface area contributed by atoms with Crippen molar-refractivity contribution in [2.45, 2.75) is 38.1 Å². The second-order valence-electron chi connectivity index (χ2n) is 7.54. The van der Waals surface area contributed by atoms with Crippen molar-refractivity contribution < 1.29 is 4.79 Å². The summed E-state index contributed by atoms with van der Waals surface area (Å²) in [4.78, 5) is 29.4. The Morgan fingerprint density at radius 3 is 2.70 bits per heavy atom. The Labute approximate surface area is 163 Å². The molecule has 5 nitrogen and oxygen atoms in total. The van der Waals surface area contributed by atoms with Gasteiger partial charge in [-0.1, -0.05) is 12.1 Å². The SMILES string of the molecule is CN(C)C1CCC(C(=O)Cc2ncc3ccc(-c4cncs4)cc3n2)CC1. The fraction of sp³-hybridized carbons (Fsp3) is 0.429. The number of fused-ring (bicyclic) bond motifs is 1. The summed E-state index contributed by atoms with van der Waals surface area (Å²) >= 11 is 1.61. The van der Waals surface area contributed by atoms with E-state index in [1.807, 2.05) is 24.0 Å². The molecule has 3 aromatic rings. The topological polar surface area (TPSA) is 59.0 Å². The molecule has 2 aromatic heterocycles. The fourth-order valence-corrected chi connectivity index (χ4v) is 4.49. The first-order valence-electron chi connectivity index (χ1n) is 9.44. The molecule has 1 aromatic carbocycles. The minimum atomic E-state index is 0.157. The molecule has 27 heavy (non-hydrogen) atoms. The summed E-state index contributed by atoms with van der Waals surface area (Å²) in [5.74, 6) is 1.07. The van der Waals surface area contributed by atoms with Crippen LogP contribution in [0, 0.1) is 5.92 Å². The van der Waals surface area contributed by atoms with Gasteiger partial charge in [0.1, 0.15) is 11.6 Å². The predicted molar refractivity (Wildman–Crippen MR) is 109 cm³/mol. The van der Waals surface area contributed by atoms with E-state index in [9.17, 15) is 4.79 Å². The van der Waals surface area contributed by atoms with Crippen LogP contribution >= 0.6 is 11.3 Å². The molecule has 0 atom stereocenters. The van der Waals surface area contributed by atoms with Crippen LogP contribution in [0.2, 0.25) is 0 Å². The van der Waals surface area contributed by atoms with Gasteiger partial charge in [-0.25, -0.2) is 9.97 Å². The van der Waals surface area contributed by atoms with Crippen molar-refractivity contribution in [2.24, 2.45) is 5.92 Å². The molecule has 4 rings (SSSR count). The van der Waals surface area contributed by atoms with Crippen LogP contribution in [0.25, 0.3) is 21.3 Å². The zero-order valence-electron chi connectivity index (χ0n) is 15.8. The lowest BCUT2D eigenvalue weighted by Crippen LogP contribution is -2.34. The lowest BCUT2D eigenvalue weighted by atomic mass is 9.82. The van der Waals surface area contributed by atoms with Gasteiger partial charge in [-0.15, -0.1) is 11.3 Å². The largest absolute Gasteiger partial charge is 0.306 e. The zero-order chi connectivity index (χ0) is 18.8.